The maximum Gasteiger partial charge on any atom is 0.243 e. The summed E-state index contributed by atoms with van der Waals surface area (Å²) in [4.78, 5) is 13.0. The number of aryl methyl sites for hydroxylation is 1. The average Bonchev–Trinajstić information content (AvgIpc) is 2.72. The molecule has 0 saturated heterocycles. The Kier molecular flexibility index (Phi) is 9.44. The molecular formula is C24H29Cl2NO3S2. The normalized spacial score (nSPS) is 14.4. The standard InChI is InChI=1S/C24H29Cl2NO3S2/c1-6-22(24(25,26)23(28)31-17(2)3)19(5)27(16-20-10-8-7-9-11-20)32(29,30)21-14-12-18(4)13-15-21/h6-15,17,19,22H,1,16H2,2-5H3/t19-,22-/m0/s1. The summed E-state index contributed by atoms with van der Waals surface area (Å²) in [6, 6.07) is 15.2. The zero-order valence-corrected chi connectivity index (χ0v) is 21.8. The predicted octanol–water partition coefficient (Wildman–Crippen LogP) is 6.22. The van der Waals surface area contributed by atoms with Crippen molar-refractivity contribution in [3.05, 3.63) is 78.4 Å². The Labute approximate surface area is 206 Å². The van der Waals surface area contributed by atoms with Crippen molar-refractivity contribution in [2.24, 2.45) is 5.92 Å². The molecule has 32 heavy (non-hydrogen) atoms. The Balaban J connectivity index is 2.53. The second-order valence-electron chi connectivity index (χ2n) is 7.93. The van der Waals surface area contributed by atoms with Gasteiger partial charge in [0.2, 0.25) is 15.1 Å². The van der Waals surface area contributed by atoms with Gasteiger partial charge >= 0.3 is 0 Å². The van der Waals surface area contributed by atoms with Crippen LogP contribution in [0.15, 0.2) is 72.1 Å². The Hall–Kier alpha value is -1.31. The number of nitrogens with zero attached hydrogens (tertiary/aromatic N) is 1. The van der Waals surface area contributed by atoms with Crippen LogP contribution < -0.4 is 0 Å². The van der Waals surface area contributed by atoms with Gasteiger partial charge in [-0.3, -0.25) is 4.79 Å². The molecule has 0 amide bonds. The van der Waals surface area contributed by atoms with E-state index in [1.54, 1.807) is 31.2 Å². The smallest absolute Gasteiger partial charge is 0.243 e. The van der Waals surface area contributed by atoms with Crippen LogP contribution in [0.25, 0.3) is 0 Å². The van der Waals surface area contributed by atoms with Crippen LogP contribution in [-0.2, 0) is 21.4 Å². The summed E-state index contributed by atoms with van der Waals surface area (Å²) < 4.78 is 26.9. The van der Waals surface area contributed by atoms with Gasteiger partial charge in [-0.05, 0) is 31.5 Å². The number of alkyl halides is 2. The fraction of sp³-hybridized carbons (Fsp3) is 0.375. The lowest BCUT2D eigenvalue weighted by atomic mass is 9.96. The van der Waals surface area contributed by atoms with Gasteiger partial charge in [0.15, 0.2) is 4.33 Å². The number of halogens is 2. The molecule has 0 aliphatic rings. The molecule has 0 saturated carbocycles. The Morgan fingerprint density at radius 2 is 1.66 bits per heavy atom. The number of benzene rings is 2. The van der Waals surface area contributed by atoms with E-state index < -0.39 is 31.4 Å². The lowest BCUT2D eigenvalue weighted by Crippen LogP contribution is -2.49. The molecule has 0 bridgehead atoms. The van der Waals surface area contributed by atoms with Gasteiger partial charge in [0.1, 0.15) is 0 Å². The van der Waals surface area contributed by atoms with E-state index >= 15 is 0 Å². The third-order valence-corrected chi connectivity index (χ3v) is 9.10. The topological polar surface area (TPSA) is 54.5 Å². The fourth-order valence-corrected chi connectivity index (χ4v) is 6.48. The van der Waals surface area contributed by atoms with E-state index in [1.807, 2.05) is 51.1 Å². The van der Waals surface area contributed by atoms with Crippen molar-refractivity contribution >= 4 is 50.1 Å². The molecule has 2 aromatic carbocycles. The molecule has 2 atom stereocenters. The number of rotatable bonds is 10. The van der Waals surface area contributed by atoms with E-state index in [9.17, 15) is 13.2 Å². The minimum atomic E-state index is -3.93. The van der Waals surface area contributed by atoms with E-state index in [2.05, 4.69) is 6.58 Å². The van der Waals surface area contributed by atoms with Gasteiger partial charge in [-0.2, -0.15) is 4.31 Å². The number of carbonyl (C=O) groups excluding carboxylic acids is 1. The molecule has 0 aliphatic heterocycles. The Bertz CT molecular complexity index is 1020. The Morgan fingerprint density at radius 1 is 1.09 bits per heavy atom. The molecule has 0 spiro atoms. The molecule has 2 rings (SSSR count). The predicted molar refractivity (Wildman–Crippen MR) is 136 cm³/mol. The monoisotopic (exact) mass is 513 g/mol. The van der Waals surface area contributed by atoms with E-state index in [0.29, 0.717) is 0 Å². The highest BCUT2D eigenvalue weighted by Gasteiger charge is 2.47. The Morgan fingerprint density at radius 3 is 2.16 bits per heavy atom. The molecule has 0 aromatic heterocycles. The quantitative estimate of drug-likeness (QED) is 0.279. The minimum Gasteiger partial charge on any atom is -0.284 e. The van der Waals surface area contributed by atoms with Crippen molar-refractivity contribution in [1.82, 2.24) is 4.31 Å². The maximum absolute atomic E-state index is 13.7. The molecule has 0 unspecified atom stereocenters. The molecule has 0 heterocycles. The zero-order chi connectivity index (χ0) is 24.1. The number of sulfonamides is 1. The first-order chi connectivity index (χ1) is 14.9. The summed E-state index contributed by atoms with van der Waals surface area (Å²) in [6.07, 6.45) is 1.46. The van der Waals surface area contributed by atoms with Crippen LogP contribution in [0.1, 0.15) is 31.9 Å². The summed E-state index contributed by atoms with van der Waals surface area (Å²) in [5.41, 5.74) is 1.75. The van der Waals surface area contributed by atoms with Crippen LogP contribution in [0.4, 0.5) is 0 Å². The van der Waals surface area contributed by atoms with Gasteiger partial charge in [0.05, 0.1) is 4.90 Å². The van der Waals surface area contributed by atoms with E-state index in [4.69, 9.17) is 23.2 Å². The van der Waals surface area contributed by atoms with Gasteiger partial charge in [-0.1, -0.05) is 103 Å². The highest BCUT2D eigenvalue weighted by molar-refractivity contribution is 8.14. The van der Waals surface area contributed by atoms with Crippen molar-refractivity contribution in [2.45, 2.75) is 54.8 Å². The minimum absolute atomic E-state index is 0.0168. The molecule has 0 fully saturated rings. The highest BCUT2D eigenvalue weighted by Crippen LogP contribution is 2.41. The van der Waals surface area contributed by atoms with Gasteiger partial charge in [0.25, 0.3) is 0 Å². The van der Waals surface area contributed by atoms with E-state index in [0.717, 1.165) is 22.9 Å². The molecule has 4 nitrogen and oxygen atoms in total. The highest BCUT2D eigenvalue weighted by atomic mass is 35.5. The van der Waals surface area contributed by atoms with Crippen LogP contribution in [0, 0.1) is 12.8 Å². The summed E-state index contributed by atoms with van der Waals surface area (Å²) in [5, 5.41) is -0.447. The van der Waals surface area contributed by atoms with Crippen molar-refractivity contribution in [3.8, 4) is 0 Å². The lowest BCUT2D eigenvalue weighted by Gasteiger charge is -2.37. The van der Waals surface area contributed by atoms with Gasteiger partial charge in [-0.25, -0.2) is 8.42 Å². The SMILES string of the molecule is C=C[C@@H]([C@H](C)N(Cc1ccccc1)S(=O)(=O)c1ccc(C)cc1)C(Cl)(Cl)C(=O)SC(C)C. The number of thioether (sulfide) groups is 1. The van der Waals surface area contributed by atoms with Crippen LogP contribution in [-0.4, -0.2) is 33.5 Å². The third-order valence-electron chi connectivity index (χ3n) is 5.07. The van der Waals surface area contributed by atoms with Crippen LogP contribution in [0.3, 0.4) is 0 Å². The lowest BCUT2D eigenvalue weighted by molar-refractivity contribution is -0.112. The number of hydrogen-bond acceptors (Lipinski definition) is 4. The zero-order valence-electron chi connectivity index (χ0n) is 18.7. The van der Waals surface area contributed by atoms with Gasteiger partial charge in [-0.15, -0.1) is 6.58 Å². The van der Waals surface area contributed by atoms with Crippen molar-refractivity contribution in [3.63, 3.8) is 0 Å². The largest absolute Gasteiger partial charge is 0.284 e. The average molecular weight is 515 g/mol. The van der Waals surface area contributed by atoms with Gasteiger partial charge in [0, 0.05) is 23.8 Å². The molecule has 0 radical (unpaired) electrons. The number of hydrogen-bond donors (Lipinski definition) is 0. The second kappa shape index (κ2) is 11.2. The fourth-order valence-electron chi connectivity index (χ4n) is 3.31. The summed E-state index contributed by atoms with van der Waals surface area (Å²) >= 11 is 14.1. The first-order valence-corrected chi connectivity index (χ1v) is 13.3. The second-order valence-corrected chi connectivity index (χ2v) is 12.8. The molecule has 8 heteroatoms. The molecule has 174 valence electrons. The molecule has 0 aliphatic carbocycles. The maximum atomic E-state index is 13.7. The van der Waals surface area contributed by atoms with Crippen LogP contribution in [0.2, 0.25) is 0 Å². The molecule has 0 N–H and O–H groups in total. The van der Waals surface area contributed by atoms with Crippen LogP contribution >= 0.6 is 35.0 Å². The number of carbonyl (C=O) groups is 1. The van der Waals surface area contributed by atoms with Crippen molar-refractivity contribution in [2.75, 3.05) is 0 Å². The van der Waals surface area contributed by atoms with E-state index in [-0.39, 0.29) is 16.7 Å². The van der Waals surface area contributed by atoms with Crippen molar-refractivity contribution < 1.29 is 13.2 Å². The summed E-state index contributed by atoms with van der Waals surface area (Å²) in [5.74, 6) is -0.839. The first-order valence-electron chi connectivity index (χ1n) is 10.2. The van der Waals surface area contributed by atoms with Crippen LogP contribution in [0.5, 0.6) is 0 Å². The first kappa shape index (κ1) is 26.9. The third kappa shape index (κ3) is 6.39. The summed E-state index contributed by atoms with van der Waals surface area (Å²) in [7, 11) is -3.93. The van der Waals surface area contributed by atoms with E-state index in [1.165, 1.54) is 10.4 Å². The van der Waals surface area contributed by atoms with Gasteiger partial charge < -0.3 is 0 Å². The molecule has 2 aromatic rings. The molecular weight excluding hydrogens is 485 g/mol. The van der Waals surface area contributed by atoms with Crippen molar-refractivity contribution in [1.29, 1.82) is 0 Å². The summed E-state index contributed by atoms with van der Waals surface area (Å²) in [6.45, 7) is 11.2.